The van der Waals surface area contributed by atoms with Crippen molar-refractivity contribution in [2.75, 3.05) is 55.7 Å². The quantitative estimate of drug-likeness (QED) is 0.0750. The monoisotopic (exact) mass is 743 g/mol. The van der Waals surface area contributed by atoms with Crippen LogP contribution in [0, 0.1) is 0 Å². The van der Waals surface area contributed by atoms with Crippen LogP contribution in [0.2, 0.25) is 0 Å². The number of rotatable bonds is 12. The number of fused-ring (bicyclic) bond motifs is 1. The zero-order valence-electron chi connectivity index (χ0n) is 26.4. The Hall–Kier alpha value is -4.32. The van der Waals surface area contributed by atoms with Crippen LogP contribution in [0.1, 0.15) is 42.2 Å². The van der Waals surface area contributed by atoms with E-state index in [2.05, 4.69) is 33.0 Å². The van der Waals surface area contributed by atoms with Crippen molar-refractivity contribution in [3.8, 4) is 0 Å². The van der Waals surface area contributed by atoms with E-state index in [-0.39, 0.29) is 19.1 Å². The summed E-state index contributed by atoms with van der Waals surface area (Å²) in [5, 5.41) is 2.72. The number of carbonyl (C=O) groups excluding carboxylic acids is 4. The molecule has 0 bridgehead atoms. The third kappa shape index (κ3) is 7.53. The minimum absolute atomic E-state index is 0.0243. The van der Waals surface area contributed by atoms with E-state index in [4.69, 9.17) is 4.74 Å². The number of ether oxygens (including phenoxy) is 1. The van der Waals surface area contributed by atoms with E-state index < -0.39 is 17.5 Å². The number of hydrogen-bond donors (Lipinski definition) is 0. The van der Waals surface area contributed by atoms with Crippen molar-refractivity contribution in [2.45, 2.75) is 13.3 Å². The molecule has 48 heavy (non-hydrogen) atoms. The number of halogens is 1. The van der Waals surface area contributed by atoms with Crippen LogP contribution < -0.4 is 9.80 Å². The zero-order chi connectivity index (χ0) is 33.6. The summed E-state index contributed by atoms with van der Waals surface area (Å²) in [6.45, 7) is 4.88. The summed E-state index contributed by atoms with van der Waals surface area (Å²) in [4.78, 5) is 59.9. The molecule has 1 aliphatic heterocycles. The highest BCUT2D eigenvalue weighted by atomic mass is 79.9. The number of hydrogen-bond acceptors (Lipinski definition) is 9. The van der Waals surface area contributed by atoms with Gasteiger partial charge in [-0.15, -0.1) is 22.7 Å². The van der Waals surface area contributed by atoms with Gasteiger partial charge in [0.1, 0.15) is 9.75 Å². The minimum Gasteiger partial charge on any atom is -0.462 e. The molecule has 1 fully saturated rings. The lowest BCUT2D eigenvalue weighted by Gasteiger charge is -2.38. The van der Waals surface area contributed by atoms with Gasteiger partial charge in [0.15, 0.2) is 0 Å². The number of amides is 1. The fourth-order valence-electron chi connectivity index (χ4n) is 5.81. The van der Waals surface area contributed by atoms with E-state index in [1.807, 2.05) is 63.7 Å². The number of esters is 1. The van der Waals surface area contributed by atoms with E-state index in [0.717, 1.165) is 31.5 Å². The fraction of sp³-hybridized carbons (Fsp3) is 0.243. The van der Waals surface area contributed by atoms with Crippen LogP contribution in [-0.2, 0) is 16.0 Å². The molecule has 1 aliphatic rings. The molecule has 0 spiro atoms. The van der Waals surface area contributed by atoms with Crippen molar-refractivity contribution in [1.82, 2.24) is 4.90 Å². The van der Waals surface area contributed by atoms with Crippen LogP contribution >= 0.6 is 38.6 Å². The highest BCUT2D eigenvalue weighted by molar-refractivity contribution is 9.10. The Bertz CT molecular complexity index is 1950. The van der Waals surface area contributed by atoms with Gasteiger partial charge in [-0.25, -0.2) is 4.79 Å². The average Bonchev–Trinajstić information content (AvgIpc) is 3.76. The van der Waals surface area contributed by atoms with Crippen molar-refractivity contribution in [3.05, 3.63) is 116 Å². The zero-order valence-corrected chi connectivity index (χ0v) is 29.6. The molecular weight excluding hydrogens is 710 g/mol. The Kier molecular flexibility index (Phi) is 10.7. The SMILES string of the molecule is CCOC(=O)c1cc2ccc(C(=O)C(=O)CN(CCc3ccccc3)c3ccccc3N3CCN(C(=O)c4sccc4Br)CC3)cc2s1. The second-order valence-corrected chi connectivity index (χ2v) is 14.2. The number of Topliss-reactive ketones (excluding diaryl/α,β-unsaturated/α-hetero) is 2. The van der Waals surface area contributed by atoms with Crippen molar-refractivity contribution >= 4 is 83.5 Å². The molecule has 0 unspecified atom stereocenters. The number of nitrogens with zero attached hydrogens (tertiary/aromatic N) is 3. The van der Waals surface area contributed by atoms with E-state index in [0.29, 0.717) is 54.5 Å². The molecule has 0 atom stereocenters. The van der Waals surface area contributed by atoms with Crippen LogP contribution in [0.25, 0.3) is 10.1 Å². The van der Waals surface area contributed by atoms with Crippen LogP contribution in [0.3, 0.4) is 0 Å². The van der Waals surface area contributed by atoms with E-state index in [9.17, 15) is 19.2 Å². The normalized spacial score (nSPS) is 13.0. The Balaban J connectivity index is 1.21. The largest absolute Gasteiger partial charge is 0.462 e. The average molecular weight is 745 g/mol. The van der Waals surface area contributed by atoms with E-state index in [1.54, 1.807) is 31.2 Å². The fourth-order valence-corrected chi connectivity index (χ4v) is 8.32. The van der Waals surface area contributed by atoms with Crippen LogP contribution in [0.15, 0.2) is 94.8 Å². The number of carbonyl (C=O) groups is 4. The molecular formula is C37H34BrN3O5S2. The maximum atomic E-state index is 13.7. The summed E-state index contributed by atoms with van der Waals surface area (Å²) in [6.07, 6.45) is 0.687. The lowest BCUT2D eigenvalue weighted by Crippen LogP contribution is -2.49. The standard InChI is InChI=1S/C37H34BrN3O5S2/c1-2-46-37(45)33-22-26-12-13-27(23-32(26)48-33)34(43)31(42)24-41(16-14-25-8-4-3-5-9-25)30-11-7-6-10-29(30)39-17-19-40(20-18-39)36(44)35-28(38)15-21-47-35/h3-13,15,21-23H,2,14,16-20,24H2,1H3. The first-order valence-corrected chi connectivity index (χ1v) is 18.2. The molecule has 1 amide bonds. The van der Waals surface area contributed by atoms with Crippen LogP contribution in [0.4, 0.5) is 11.4 Å². The molecule has 0 N–H and O–H groups in total. The van der Waals surface area contributed by atoms with Gasteiger partial charge in [0.2, 0.25) is 11.6 Å². The molecule has 0 aliphatic carbocycles. The predicted molar refractivity (Wildman–Crippen MR) is 196 cm³/mol. The number of thiophene rings is 2. The van der Waals surface area contributed by atoms with Gasteiger partial charge in [0, 0.05) is 47.5 Å². The second kappa shape index (κ2) is 15.3. The second-order valence-electron chi connectivity index (χ2n) is 11.4. The molecule has 2 aromatic heterocycles. The van der Waals surface area contributed by atoms with E-state index >= 15 is 0 Å². The maximum Gasteiger partial charge on any atom is 0.348 e. The van der Waals surface area contributed by atoms with Gasteiger partial charge in [0.25, 0.3) is 5.91 Å². The molecule has 3 aromatic carbocycles. The number of piperazine rings is 1. The summed E-state index contributed by atoms with van der Waals surface area (Å²) in [6, 6.07) is 26.7. The van der Waals surface area contributed by atoms with Gasteiger partial charge in [-0.05, 0) is 75.9 Å². The summed E-state index contributed by atoms with van der Waals surface area (Å²) in [5.74, 6) is -1.47. The lowest BCUT2D eigenvalue weighted by molar-refractivity contribution is -0.113. The molecule has 1 saturated heterocycles. The number of anilines is 2. The highest BCUT2D eigenvalue weighted by Crippen LogP contribution is 2.32. The first-order chi connectivity index (χ1) is 23.3. The van der Waals surface area contributed by atoms with Gasteiger partial charge >= 0.3 is 5.97 Å². The molecule has 246 valence electrons. The third-order valence-corrected chi connectivity index (χ3v) is 11.2. The lowest BCUT2D eigenvalue weighted by atomic mass is 10.0. The Morgan fingerprint density at radius 1 is 0.896 bits per heavy atom. The maximum absolute atomic E-state index is 13.7. The molecule has 8 nitrogen and oxygen atoms in total. The van der Waals surface area contributed by atoms with Gasteiger partial charge in [-0.3, -0.25) is 14.4 Å². The molecule has 0 radical (unpaired) electrons. The Labute approximate surface area is 295 Å². The third-order valence-electron chi connectivity index (χ3n) is 8.30. The summed E-state index contributed by atoms with van der Waals surface area (Å²) in [5.41, 5.74) is 3.25. The van der Waals surface area contributed by atoms with Gasteiger partial charge < -0.3 is 19.4 Å². The smallest absolute Gasteiger partial charge is 0.348 e. The summed E-state index contributed by atoms with van der Waals surface area (Å²) < 4.78 is 6.68. The predicted octanol–water partition coefficient (Wildman–Crippen LogP) is 7.37. The Morgan fingerprint density at radius 2 is 1.65 bits per heavy atom. The Morgan fingerprint density at radius 3 is 2.38 bits per heavy atom. The van der Waals surface area contributed by atoms with Crippen molar-refractivity contribution in [3.63, 3.8) is 0 Å². The van der Waals surface area contributed by atoms with Gasteiger partial charge in [0.05, 0.1) is 24.5 Å². The highest BCUT2D eigenvalue weighted by Gasteiger charge is 2.28. The molecule has 11 heteroatoms. The number of para-hydroxylation sites is 2. The van der Waals surface area contributed by atoms with Crippen molar-refractivity contribution in [1.29, 1.82) is 0 Å². The van der Waals surface area contributed by atoms with Crippen molar-refractivity contribution in [2.24, 2.45) is 0 Å². The van der Waals surface area contributed by atoms with E-state index in [1.165, 1.54) is 22.7 Å². The first kappa shape index (κ1) is 33.6. The number of benzene rings is 3. The molecule has 3 heterocycles. The molecule has 0 saturated carbocycles. The number of ketones is 2. The van der Waals surface area contributed by atoms with Crippen LogP contribution in [-0.4, -0.2) is 74.2 Å². The topological polar surface area (TPSA) is 87.2 Å². The summed E-state index contributed by atoms with van der Waals surface area (Å²) in [7, 11) is 0. The minimum atomic E-state index is -0.572. The van der Waals surface area contributed by atoms with Crippen molar-refractivity contribution < 1.29 is 23.9 Å². The molecule has 6 rings (SSSR count). The van der Waals surface area contributed by atoms with Crippen LogP contribution in [0.5, 0.6) is 0 Å². The van der Waals surface area contributed by atoms with Gasteiger partial charge in [-0.2, -0.15) is 0 Å². The van der Waals surface area contributed by atoms with Gasteiger partial charge in [-0.1, -0.05) is 54.6 Å². The first-order valence-electron chi connectivity index (χ1n) is 15.8. The summed E-state index contributed by atoms with van der Waals surface area (Å²) >= 11 is 6.16. The molecule has 5 aromatic rings.